The largest absolute Gasteiger partial charge is 0.314 e. The summed E-state index contributed by atoms with van der Waals surface area (Å²) in [4.78, 5) is 14.4. The first-order valence-electron chi connectivity index (χ1n) is 6.40. The monoisotopic (exact) mass is 266 g/mol. The lowest BCUT2D eigenvalue weighted by Gasteiger charge is -2.33. The number of nitrogens with one attached hydrogen (secondary N) is 1. The van der Waals surface area contributed by atoms with Crippen LogP contribution in [0.15, 0.2) is 24.3 Å². The average molecular weight is 267 g/mol. The molecule has 1 N–H and O–H groups in total. The Morgan fingerprint density at radius 1 is 1.56 bits per heavy atom. The molecule has 1 aliphatic rings. The van der Waals surface area contributed by atoms with Crippen LogP contribution in [0.5, 0.6) is 0 Å². The molecule has 0 amide bonds. The Labute approximate surface area is 113 Å². The number of Topliss-reactive ketones (excluding diaryl/α,β-unsaturated/α-hetero) is 1. The van der Waals surface area contributed by atoms with Crippen molar-refractivity contribution in [2.24, 2.45) is 0 Å². The Bertz CT molecular complexity index is 422. The van der Waals surface area contributed by atoms with E-state index in [9.17, 15) is 4.79 Å². The summed E-state index contributed by atoms with van der Waals surface area (Å²) in [5.74, 6) is 0.170. The van der Waals surface area contributed by atoms with Crippen LogP contribution in [0.25, 0.3) is 0 Å². The summed E-state index contributed by atoms with van der Waals surface area (Å²) < 4.78 is 0. The predicted octanol–water partition coefficient (Wildman–Crippen LogP) is 2.21. The molecule has 0 aromatic heterocycles. The zero-order valence-electron chi connectivity index (χ0n) is 10.7. The molecule has 1 unspecified atom stereocenters. The molecular weight excluding hydrogens is 248 g/mol. The number of rotatable bonds is 4. The molecule has 0 aliphatic carbocycles. The van der Waals surface area contributed by atoms with Crippen molar-refractivity contribution >= 4 is 17.4 Å². The Morgan fingerprint density at radius 3 is 3.11 bits per heavy atom. The van der Waals surface area contributed by atoms with Gasteiger partial charge in [-0.25, -0.2) is 0 Å². The van der Waals surface area contributed by atoms with Gasteiger partial charge in [0.1, 0.15) is 0 Å². The smallest absolute Gasteiger partial charge is 0.164 e. The zero-order chi connectivity index (χ0) is 13.0. The van der Waals surface area contributed by atoms with Gasteiger partial charge in [0.15, 0.2) is 5.78 Å². The molecule has 1 atom stereocenters. The summed E-state index contributed by atoms with van der Waals surface area (Å²) in [7, 11) is 0. The van der Waals surface area contributed by atoms with Gasteiger partial charge in [-0.15, -0.1) is 0 Å². The van der Waals surface area contributed by atoms with E-state index >= 15 is 0 Å². The molecule has 0 spiro atoms. The number of benzene rings is 1. The third-order valence-electron chi connectivity index (χ3n) is 3.41. The number of nitrogens with zero attached hydrogens (tertiary/aromatic N) is 1. The fourth-order valence-corrected chi connectivity index (χ4v) is 2.46. The highest BCUT2D eigenvalue weighted by Crippen LogP contribution is 2.13. The SMILES string of the molecule is CC1CNCCN1CCC(=O)c1cccc(Cl)c1. The molecule has 4 heteroatoms. The van der Waals surface area contributed by atoms with Crippen molar-refractivity contribution in [1.82, 2.24) is 10.2 Å². The number of carbonyl (C=O) groups is 1. The van der Waals surface area contributed by atoms with Gasteiger partial charge >= 0.3 is 0 Å². The molecule has 1 heterocycles. The molecule has 3 nitrogen and oxygen atoms in total. The van der Waals surface area contributed by atoms with Crippen LogP contribution in [0.1, 0.15) is 23.7 Å². The molecule has 1 saturated heterocycles. The fraction of sp³-hybridized carbons (Fsp3) is 0.500. The van der Waals surface area contributed by atoms with Crippen molar-refractivity contribution < 1.29 is 4.79 Å². The molecule has 18 heavy (non-hydrogen) atoms. The van der Waals surface area contributed by atoms with Crippen molar-refractivity contribution in [1.29, 1.82) is 0 Å². The van der Waals surface area contributed by atoms with Gasteiger partial charge in [0, 0.05) is 49.2 Å². The molecule has 0 saturated carbocycles. The predicted molar refractivity (Wildman–Crippen MR) is 74.3 cm³/mol. The first kappa shape index (κ1) is 13.5. The minimum Gasteiger partial charge on any atom is -0.314 e. The molecule has 98 valence electrons. The van der Waals surface area contributed by atoms with Gasteiger partial charge in [0.25, 0.3) is 0 Å². The maximum Gasteiger partial charge on any atom is 0.164 e. The topological polar surface area (TPSA) is 32.3 Å². The molecular formula is C14H19ClN2O. The first-order valence-corrected chi connectivity index (χ1v) is 6.78. The second-order valence-electron chi connectivity index (χ2n) is 4.77. The molecule has 0 radical (unpaired) electrons. The van der Waals surface area contributed by atoms with Crippen LogP contribution < -0.4 is 5.32 Å². The van der Waals surface area contributed by atoms with E-state index in [-0.39, 0.29) is 5.78 Å². The van der Waals surface area contributed by atoms with Gasteiger partial charge in [0.2, 0.25) is 0 Å². The Balaban J connectivity index is 1.88. The molecule has 2 rings (SSSR count). The quantitative estimate of drug-likeness (QED) is 0.848. The van der Waals surface area contributed by atoms with E-state index in [1.807, 2.05) is 12.1 Å². The van der Waals surface area contributed by atoms with E-state index < -0.39 is 0 Å². The Hall–Kier alpha value is -0.900. The Kier molecular flexibility index (Phi) is 4.75. The third kappa shape index (κ3) is 3.55. The van der Waals surface area contributed by atoms with Gasteiger partial charge in [-0.05, 0) is 19.1 Å². The van der Waals surface area contributed by atoms with Crippen LogP contribution in [0.3, 0.4) is 0 Å². The fourth-order valence-electron chi connectivity index (χ4n) is 2.27. The number of ketones is 1. The maximum absolute atomic E-state index is 12.0. The molecule has 1 aromatic carbocycles. The van der Waals surface area contributed by atoms with Crippen LogP contribution in [-0.2, 0) is 0 Å². The summed E-state index contributed by atoms with van der Waals surface area (Å²) in [6.07, 6.45) is 0.560. The van der Waals surface area contributed by atoms with E-state index in [0.717, 1.165) is 26.2 Å². The van der Waals surface area contributed by atoms with Crippen molar-refractivity contribution in [3.8, 4) is 0 Å². The standard InChI is InChI=1S/C14H19ClN2O/c1-11-10-16-6-8-17(11)7-5-14(18)12-3-2-4-13(15)9-12/h2-4,9,11,16H,5-8,10H2,1H3. The average Bonchev–Trinajstić information content (AvgIpc) is 2.37. The summed E-state index contributed by atoms with van der Waals surface area (Å²) in [6, 6.07) is 7.69. The lowest BCUT2D eigenvalue weighted by molar-refractivity contribution is 0.0942. The van der Waals surface area contributed by atoms with Gasteiger partial charge in [-0.1, -0.05) is 23.7 Å². The Morgan fingerprint density at radius 2 is 2.39 bits per heavy atom. The third-order valence-corrected chi connectivity index (χ3v) is 3.65. The van der Waals surface area contributed by atoms with Gasteiger partial charge in [-0.3, -0.25) is 9.69 Å². The molecule has 1 aromatic rings. The highest BCUT2D eigenvalue weighted by Gasteiger charge is 2.18. The van der Waals surface area contributed by atoms with E-state index in [4.69, 9.17) is 11.6 Å². The number of hydrogen-bond acceptors (Lipinski definition) is 3. The normalized spacial score (nSPS) is 20.9. The molecule has 1 fully saturated rings. The summed E-state index contributed by atoms with van der Waals surface area (Å²) in [5.41, 5.74) is 0.713. The van der Waals surface area contributed by atoms with Crippen LogP contribution in [-0.4, -0.2) is 42.9 Å². The van der Waals surface area contributed by atoms with Crippen LogP contribution in [0.4, 0.5) is 0 Å². The number of piperazine rings is 1. The van der Waals surface area contributed by atoms with E-state index in [0.29, 0.717) is 23.0 Å². The molecule has 0 bridgehead atoms. The summed E-state index contributed by atoms with van der Waals surface area (Å²) >= 11 is 5.89. The van der Waals surface area contributed by atoms with E-state index in [2.05, 4.69) is 17.1 Å². The lowest BCUT2D eigenvalue weighted by atomic mass is 10.1. The highest BCUT2D eigenvalue weighted by atomic mass is 35.5. The van der Waals surface area contributed by atoms with Crippen LogP contribution >= 0.6 is 11.6 Å². The van der Waals surface area contributed by atoms with Crippen molar-refractivity contribution in [3.63, 3.8) is 0 Å². The first-order chi connectivity index (χ1) is 8.66. The summed E-state index contributed by atoms with van der Waals surface area (Å²) in [6.45, 7) is 6.05. The van der Waals surface area contributed by atoms with Crippen LogP contribution in [0.2, 0.25) is 5.02 Å². The summed E-state index contributed by atoms with van der Waals surface area (Å²) in [5, 5.41) is 3.97. The number of hydrogen-bond donors (Lipinski definition) is 1. The van der Waals surface area contributed by atoms with Crippen LogP contribution in [0, 0.1) is 0 Å². The lowest BCUT2D eigenvalue weighted by Crippen LogP contribution is -2.50. The van der Waals surface area contributed by atoms with Crippen molar-refractivity contribution in [2.45, 2.75) is 19.4 Å². The minimum absolute atomic E-state index is 0.170. The second kappa shape index (κ2) is 6.32. The van der Waals surface area contributed by atoms with E-state index in [1.54, 1.807) is 12.1 Å². The second-order valence-corrected chi connectivity index (χ2v) is 5.21. The van der Waals surface area contributed by atoms with Crippen molar-refractivity contribution in [2.75, 3.05) is 26.2 Å². The van der Waals surface area contributed by atoms with E-state index in [1.165, 1.54) is 0 Å². The van der Waals surface area contributed by atoms with Gasteiger partial charge < -0.3 is 5.32 Å². The number of carbonyl (C=O) groups excluding carboxylic acids is 1. The van der Waals surface area contributed by atoms with Crippen molar-refractivity contribution in [3.05, 3.63) is 34.9 Å². The zero-order valence-corrected chi connectivity index (χ0v) is 11.4. The minimum atomic E-state index is 0.170. The number of halogens is 1. The molecule has 1 aliphatic heterocycles. The maximum atomic E-state index is 12.0. The van der Waals surface area contributed by atoms with Gasteiger partial charge in [-0.2, -0.15) is 0 Å². The highest BCUT2D eigenvalue weighted by molar-refractivity contribution is 6.31. The van der Waals surface area contributed by atoms with Gasteiger partial charge in [0.05, 0.1) is 0 Å².